The molecule has 9 heteroatoms. The number of fused-ring (bicyclic) bond motifs is 1. The predicted octanol–water partition coefficient (Wildman–Crippen LogP) is 3.58. The number of benzene rings is 1. The molecule has 184 valence electrons. The number of nitriles is 1. The highest BCUT2D eigenvalue weighted by atomic mass is 35.5. The summed E-state index contributed by atoms with van der Waals surface area (Å²) in [6.45, 7) is 2.18. The number of hydrogen-bond acceptors (Lipinski definition) is 7. The Morgan fingerprint density at radius 3 is 2.49 bits per heavy atom. The molecule has 0 spiro atoms. The Morgan fingerprint density at radius 1 is 1.14 bits per heavy atom. The number of carbonyl (C=O) groups is 1. The van der Waals surface area contributed by atoms with Crippen LogP contribution in [-0.4, -0.2) is 53.1 Å². The fraction of sp³-hybridized carbons (Fsp3) is 0.538. The Kier molecular flexibility index (Phi) is 7.07. The van der Waals surface area contributed by atoms with E-state index in [1.165, 1.54) is 0 Å². The summed E-state index contributed by atoms with van der Waals surface area (Å²) in [7, 11) is 0. The number of rotatable bonds is 6. The van der Waals surface area contributed by atoms with Crippen LogP contribution in [0.25, 0.3) is 0 Å². The van der Waals surface area contributed by atoms with E-state index in [4.69, 9.17) is 21.6 Å². The lowest BCUT2D eigenvalue weighted by Crippen LogP contribution is -2.40. The number of anilines is 1. The zero-order chi connectivity index (χ0) is 24.4. The SMILES string of the molecule is N#Cc1ccc(O[C@H]2CC[C@H](NC(=O)c3ccc(N4C[C@H]5C[C@@H](CO)C[C@H]5C4)nn3)CC2)cc1Cl. The number of carbonyl (C=O) groups excluding carboxylic acids is 1. The zero-order valence-electron chi connectivity index (χ0n) is 19.6. The summed E-state index contributed by atoms with van der Waals surface area (Å²) in [5.74, 6) is 2.95. The Balaban J connectivity index is 1.08. The van der Waals surface area contributed by atoms with Crippen molar-refractivity contribution < 1.29 is 14.6 Å². The van der Waals surface area contributed by atoms with Crippen LogP contribution < -0.4 is 15.0 Å². The molecule has 3 fully saturated rings. The molecule has 2 aliphatic carbocycles. The number of hydrogen-bond donors (Lipinski definition) is 2. The van der Waals surface area contributed by atoms with E-state index < -0.39 is 0 Å². The minimum atomic E-state index is -0.198. The smallest absolute Gasteiger partial charge is 0.272 e. The lowest BCUT2D eigenvalue weighted by Gasteiger charge is -2.29. The number of amides is 1. The van der Waals surface area contributed by atoms with Gasteiger partial charge in [-0.15, -0.1) is 10.2 Å². The average molecular weight is 496 g/mol. The van der Waals surface area contributed by atoms with E-state index in [9.17, 15) is 9.90 Å². The second-order valence-electron chi connectivity index (χ2n) is 10.0. The van der Waals surface area contributed by atoms with Gasteiger partial charge in [-0.3, -0.25) is 4.79 Å². The number of ether oxygens (including phenoxy) is 1. The molecule has 3 aliphatic rings. The van der Waals surface area contributed by atoms with Gasteiger partial charge in [-0.1, -0.05) is 11.6 Å². The summed E-state index contributed by atoms with van der Waals surface area (Å²) in [6.07, 6.45) is 5.50. The van der Waals surface area contributed by atoms with Crippen molar-refractivity contribution in [1.29, 1.82) is 5.26 Å². The monoisotopic (exact) mass is 495 g/mol. The lowest BCUT2D eigenvalue weighted by molar-refractivity contribution is 0.0888. The van der Waals surface area contributed by atoms with Crippen molar-refractivity contribution in [2.45, 2.75) is 50.7 Å². The van der Waals surface area contributed by atoms with Gasteiger partial charge < -0.3 is 20.1 Å². The molecule has 1 aromatic heterocycles. The van der Waals surface area contributed by atoms with Crippen LogP contribution in [0.2, 0.25) is 5.02 Å². The van der Waals surface area contributed by atoms with Crippen LogP contribution in [-0.2, 0) is 0 Å². The number of nitrogens with one attached hydrogen (secondary N) is 1. The third-order valence-electron chi connectivity index (χ3n) is 7.69. The summed E-state index contributed by atoms with van der Waals surface area (Å²) in [6, 6.07) is 10.9. The minimum Gasteiger partial charge on any atom is -0.490 e. The Bertz CT molecular complexity index is 1080. The molecular weight excluding hydrogens is 466 g/mol. The summed E-state index contributed by atoms with van der Waals surface area (Å²) in [5.41, 5.74) is 0.764. The van der Waals surface area contributed by atoms with Crippen LogP contribution in [0, 0.1) is 29.1 Å². The molecule has 1 amide bonds. The number of aliphatic hydroxyl groups is 1. The maximum atomic E-state index is 12.7. The molecule has 8 nitrogen and oxygen atoms in total. The fourth-order valence-electron chi connectivity index (χ4n) is 5.81. The molecule has 0 radical (unpaired) electrons. The predicted molar refractivity (Wildman–Crippen MR) is 131 cm³/mol. The number of halogens is 1. The minimum absolute atomic E-state index is 0.0545. The summed E-state index contributed by atoms with van der Waals surface area (Å²) in [4.78, 5) is 15.0. The number of aromatic nitrogens is 2. The maximum absolute atomic E-state index is 12.7. The van der Waals surface area contributed by atoms with Gasteiger partial charge in [-0.05, 0) is 80.5 Å². The van der Waals surface area contributed by atoms with Gasteiger partial charge >= 0.3 is 0 Å². The molecule has 3 atom stereocenters. The highest BCUT2D eigenvalue weighted by molar-refractivity contribution is 6.31. The van der Waals surface area contributed by atoms with Crippen molar-refractivity contribution in [2.75, 3.05) is 24.6 Å². The molecule has 0 unspecified atom stereocenters. The molecule has 1 aliphatic heterocycles. The van der Waals surface area contributed by atoms with Crippen molar-refractivity contribution in [3.63, 3.8) is 0 Å². The zero-order valence-corrected chi connectivity index (χ0v) is 20.3. The molecule has 2 aromatic rings. The standard InChI is InChI=1S/C26H30ClN5O3/c27-23-11-22(4-1-17(23)12-28)35-21-5-2-20(3-6-21)29-26(34)24-7-8-25(31-30-24)32-13-18-9-16(15-33)10-19(18)14-32/h1,4,7-8,11,16,18-21,33H,2-3,5-6,9-10,13-15H2,(H,29,34)/t16-,18-,19+,20-,21-. The molecule has 1 aromatic carbocycles. The van der Waals surface area contributed by atoms with Crippen LogP contribution in [0.1, 0.15) is 54.6 Å². The molecule has 5 rings (SSSR count). The first kappa shape index (κ1) is 23.8. The Labute approximate surface area is 210 Å². The molecule has 2 heterocycles. The van der Waals surface area contributed by atoms with Crippen molar-refractivity contribution >= 4 is 23.3 Å². The average Bonchev–Trinajstić information content (AvgIpc) is 3.45. The van der Waals surface area contributed by atoms with E-state index in [2.05, 4.69) is 20.4 Å². The molecule has 2 N–H and O–H groups in total. The first-order valence-electron chi connectivity index (χ1n) is 12.4. The molecule has 0 bridgehead atoms. The fourth-order valence-corrected chi connectivity index (χ4v) is 6.03. The van der Waals surface area contributed by atoms with Crippen LogP contribution in [0.3, 0.4) is 0 Å². The van der Waals surface area contributed by atoms with Gasteiger partial charge in [0.25, 0.3) is 5.91 Å². The third kappa shape index (κ3) is 5.36. The van der Waals surface area contributed by atoms with Gasteiger partial charge in [-0.2, -0.15) is 5.26 Å². The van der Waals surface area contributed by atoms with Crippen molar-refractivity contribution in [2.24, 2.45) is 17.8 Å². The third-order valence-corrected chi connectivity index (χ3v) is 8.00. The lowest BCUT2D eigenvalue weighted by atomic mass is 9.93. The maximum Gasteiger partial charge on any atom is 0.272 e. The summed E-state index contributed by atoms with van der Waals surface area (Å²) in [5, 5.41) is 30.4. The van der Waals surface area contributed by atoms with Crippen LogP contribution in [0.5, 0.6) is 5.75 Å². The summed E-state index contributed by atoms with van der Waals surface area (Å²) < 4.78 is 6.03. The Hall–Kier alpha value is -2.89. The van der Waals surface area contributed by atoms with Crippen LogP contribution in [0.15, 0.2) is 30.3 Å². The van der Waals surface area contributed by atoms with E-state index >= 15 is 0 Å². The van der Waals surface area contributed by atoms with E-state index in [0.29, 0.717) is 39.8 Å². The van der Waals surface area contributed by atoms with Gasteiger partial charge in [0.15, 0.2) is 11.5 Å². The second kappa shape index (κ2) is 10.4. The topological polar surface area (TPSA) is 111 Å². The second-order valence-corrected chi connectivity index (χ2v) is 10.4. The van der Waals surface area contributed by atoms with Gasteiger partial charge in [0.05, 0.1) is 16.7 Å². The van der Waals surface area contributed by atoms with E-state index in [0.717, 1.165) is 57.4 Å². The first-order valence-corrected chi connectivity index (χ1v) is 12.8. The van der Waals surface area contributed by atoms with Crippen molar-refractivity contribution in [3.05, 3.63) is 46.6 Å². The van der Waals surface area contributed by atoms with E-state index in [-0.39, 0.29) is 24.7 Å². The van der Waals surface area contributed by atoms with E-state index in [1.54, 1.807) is 24.3 Å². The Morgan fingerprint density at radius 2 is 1.89 bits per heavy atom. The highest BCUT2D eigenvalue weighted by Gasteiger charge is 2.41. The molecule has 35 heavy (non-hydrogen) atoms. The van der Waals surface area contributed by atoms with Gasteiger partial charge in [0, 0.05) is 31.8 Å². The van der Waals surface area contributed by atoms with Crippen molar-refractivity contribution in [1.82, 2.24) is 15.5 Å². The summed E-state index contributed by atoms with van der Waals surface area (Å²) >= 11 is 6.09. The van der Waals surface area contributed by atoms with Gasteiger partial charge in [-0.25, -0.2) is 0 Å². The molecular formula is C26H30ClN5O3. The molecule has 1 saturated heterocycles. The first-order chi connectivity index (χ1) is 17.0. The van der Waals surface area contributed by atoms with E-state index in [1.807, 2.05) is 12.1 Å². The van der Waals surface area contributed by atoms with Crippen LogP contribution >= 0.6 is 11.6 Å². The van der Waals surface area contributed by atoms with Crippen molar-refractivity contribution in [3.8, 4) is 11.8 Å². The normalized spacial score (nSPS) is 27.8. The highest BCUT2D eigenvalue weighted by Crippen LogP contribution is 2.42. The largest absolute Gasteiger partial charge is 0.490 e. The van der Waals surface area contributed by atoms with Gasteiger partial charge in [0.2, 0.25) is 0 Å². The van der Waals surface area contributed by atoms with Gasteiger partial charge in [0.1, 0.15) is 11.8 Å². The number of aliphatic hydroxyl groups excluding tert-OH is 1. The van der Waals surface area contributed by atoms with Crippen LogP contribution in [0.4, 0.5) is 5.82 Å². The number of nitrogens with zero attached hydrogens (tertiary/aromatic N) is 4. The molecule has 2 saturated carbocycles. The quantitative estimate of drug-likeness (QED) is 0.630.